The lowest BCUT2D eigenvalue weighted by atomic mass is 9.47. The topological polar surface area (TPSA) is 46.0 Å². The first-order valence-corrected chi connectivity index (χ1v) is 13.0. The molecule has 4 aliphatic rings. The van der Waals surface area contributed by atoms with E-state index >= 15 is 0 Å². The van der Waals surface area contributed by atoms with Gasteiger partial charge < -0.3 is 5.11 Å². The van der Waals surface area contributed by atoms with Crippen LogP contribution in [0.25, 0.3) is 0 Å². The Labute approximate surface area is 189 Å². The highest BCUT2D eigenvalue weighted by molar-refractivity contribution is 5.25. The van der Waals surface area contributed by atoms with Crippen LogP contribution in [0.4, 0.5) is 0 Å². The van der Waals surface area contributed by atoms with Gasteiger partial charge in [0, 0.05) is 11.9 Å². The fourth-order valence-electron chi connectivity index (χ4n) is 8.87. The molecule has 3 saturated carbocycles. The Morgan fingerprint density at radius 2 is 1.97 bits per heavy atom. The van der Waals surface area contributed by atoms with E-state index in [1.54, 1.807) is 11.9 Å². The summed E-state index contributed by atoms with van der Waals surface area (Å²) in [5.74, 6) is 4.22. The van der Waals surface area contributed by atoms with E-state index in [4.69, 9.17) is 0 Å². The molecule has 8 atom stereocenters. The van der Waals surface area contributed by atoms with Gasteiger partial charge in [-0.25, -0.2) is 9.97 Å². The van der Waals surface area contributed by atoms with Gasteiger partial charge in [-0.15, -0.1) is 0 Å². The van der Waals surface area contributed by atoms with Crippen molar-refractivity contribution < 1.29 is 5.11 Å². The third kappa shape index (κ3) is 3.50. The molecular weight excluding hydrogens is 380 g/mol. The third-order valence-electron chi connectivity index (χ3n) is 10.7. The Hall–Kier alpha value is -1.22. The van der Waals surface area contributed by atoms with Crippen LogP contribution in [0.3, 0.4) is 0 Å². The molecule has 1 aromatic rings. The minimum Gasteiger partial charge on any atom is -0.393 e. The molecule has 3 heteroatoms. The van der Waals surface area contributed by atoms with E-state index in [1.165, 1.54) is 50.5 Å². The number of fused-ring (bicyclic) bond motifs is 5. The molecule has 3 nitrogen and oxygen atoms in total. The van der Waals surface area contributed by atoms with Gasteiger partial charge in [0.05, 0.1) is 6.10 Å². The van der Waals surface area contributed by atoms with E-state index in [0.717, 1.165) is 54.5 Å². The molecule has 1 heterocycles. The maximum absolute atomic E-state index is 10.2. The fraction of sp³-hybridized carbons (Fsp3) is 0.786. The van der Waals surface area contributed by atoms with E-state index in [-0.39, 0.29) is 6.10 Å². The Bertz CT molecular complexity index is 849. The van der Waals surface area contributed by atoms with Crippen molar-refractivity contribution in [3.05, 3.63) is 35.4 Å². The first-order chi connectivity index (χ1) is 14.8. The summed E-state index contributed by atoms with van der Waals surface area (Å²) in [6.45, 7) is 9.84. The monoisotopic (exact) mass is 422 g/mol. The van der Waals surface area contributed by atoms with Crippen molar-refractivity contribution in [2.75, 3.05) is 0 Å². The number of nitrogens with zero attached hydrogens (tertiary/aromatic N) is 2. The molecule has 170 valence electrons. The lowest BCUT2D eigenvalue weighted by Gasteiger charge is -2.58. The molecule has 0 aromatic carbocycles. The van der Waals surface area contributed by atoms with Crippen LogP contribution in [0.5, 0.6) is 0 Å². The van der Waals surface area contributed by atoms with Gasteiger partial charge in [-0.2, -0.15) is 0 Å². The number of aryl methyl sites for hydroxylation is 2. The summed E-state index contributed by atoms with van der Waals surface area (Å²) >= 11 is 0. The molecule has 0 aliphatic heterocycles. The van der Waals surface area contributed by atoms with E-state index in [2.05, 4.69) is 43.7 Å². The number of rotatable bonds is 4. The van der Waals surface area contributed by atoms with E-state index in [9.17, 15) is 5.11 Å². The van der Waals surface area contributed by atoms with Crippen LogP contribution in [-0.4, -0.2) is 21.2 Å². The van der Waals surface area contributed by atoms with Gasteiger partial charge in [0.15, 0.2) is 0 Å². The normalized spacial score (nSPS) is 42.9. The van der Waals surface area contributed by atoms with Crippen molar-refractivity contribution in [2.24, 2.45) is 40.4 Å². The zero-order valence-electron chi connectivity index (χ0n) is 20.1. The average Bonchev–Trinajstić information content (AvgIpc) is 3.11. The van der Waals surface area contributed by atoms with Crippen LogP contribution in [0.2, 0.25) is 0 Å². The number of aliphatic hydroxyl groups is 1. The summed E-state index contributed by atoms with van der Waals surface area (Å²) in [7, 11) is 0. The molecule has 3 fully saturated rings. The highest BCUT2D eigenvalue weighted by atomic mass is 16.3. The molecule has 4 aliphatic carbocycles. The summed E-state index contributed by atoms with van der Waals surface area (Å²) < 4.78 is 0. The standard InChI is InChI=1S/C28H42N2O/c1-18(5-6-20-16-29-17-30-19(20)2)24-9-10-25-23-8-7-21-15-22(31)11-13-27(21,3)26(23)12-14-28(24,25)4/h7,16-18,22-26,31H,5-6,8-15H2,1-4H3/t18-,22+,23+,24-,25+,26+,27+,28-/m1/s1. The molecule has 0 spiro atoms. The molecule has 0 saturated heterocycles. The summed E-state index contributed by atoms with van der Waals surface area (Å²) in [5.41, 5.74) is 4.94. The third-order valence-corrected chi connectivity index (χ3v) is 10.7. The zero-order valence-corrected chi connectivity index (χ0v) is 20.1. The summed E-state index contributed by atoms with van der Waals surface area (Å²) in [6.07, 6.45) is 18.6. The maximum Gasteiger partial charge on any atom is 0.115 e. The van der Waals surface area contributed by atoms with Gasteiger partial charge in [-0.05, 0) is 117 Å². The van der Waals surface area contributed by atoms with E-state index in [0.29, 0.717) is 10.8 Å². The number of hydrogen-bond acceptors (Lipinski definition) is 3. The van der Waals surface area contributed by atoms with Crippen molar-refractivity contribution >= 4 is 0 Å². The van der Waals surface area contributed by atoms with Crippen molar-refractivity contribution in [3.63, 3.8) is 0 Å². The smallest absolute Gasteiger partial charge is 0.115 e. The van der Waals surface area contributed by atoms with Crippen molar-refractivity contribution in [1.29, 1.82) is 0 Å². The SMILES string of the molecule is Cc1ncncc1CC[C@@H](C)[C@H]1CC[C@H]2[C@@H]3CC=C4C[C@@H](O)CC[C@]4(C)[C@H]3CC[C@]12C. The highest BCUT2D eigenvalue weighted by Gasteiger charge is 2.59. The highest BCUT2D eigenvalue weighted by Crippen LogP contribution is 2.67. The number of aromatic nitrogens is 2. The van der Waals surface area contributed by atoms with Crippen LogP contribution >= 0.6 is 0 Å². The second-order valence-corrected chi connectivity index (χ2v) is 12.0. The average molecular weight is 423 g/mol. The number of hydrogen-bond donors (Lipinski definition) is 1. The molecular formula is C28H42N2O. The number of aliphatic hydroxyl groups excluding tert-OH is 1. The van der Waals surface area contributed by atoms with Gasteiger partial charge in [0.2, 0.25) is 0 Å². The van der Waals surface area contributed by atoms with Gasteiger partial charge in [0.1, 0.15) is 6.33 Å². The Morgan fingerprint density at radius 3 is 2.77 bits per heavy atom. The molecule has 0 amide bonds. The summed E-state index contributed by atoms with van der Waals surface area (Å²) in [6, 6.07) is 0. The van der Waals surface area contributed by atoms with Crippen LogP contribution in [0.1, 0.15) is 89.8 Å². The second-order valence-electron chi connectivity index (χ2n) is 12.0. The molecule has 1 aromatic heterocycles. The molecule has 0 bridgehead atoms. The van der Waals surface area contributed by atoms with Gasteiger partial charge in [0.25, 0.3) is 0 Å². The lowest BCUT2D eigenvalue weighted by molar-refractivity contribution is -0.0571. The van der Waals surface area contributed by atoms with Gasteiger partial charge in [-0.1, -0.05) is 32.4 Å². The van der Waals surface area contributed by atoms with Gasteiger partial charge >= 0.3 is 0 Å². The quantitative estimate of drug-likeness (QED) is 0.580. The summed E-state index contributed by atoms with van der Waals surface area (Å²) in [5, 5.41) is 10.2. The van der Waals surface area contributed by atoms with Gasteiger partial charge in [-0.3, -0.25) is 0 Å². The summed E-state index contributed by atoms with van der Waals surface area (Å²) in [4.78, 5) is 8.65. The Kier molecular flexibility index (Phi) is 5.56. The van der Waals surface area contributed by atoms with Crippen LogP contribution in [0, 0.1) is 47.3 Å². The second kappa shape index (κ2) is 7.97. The van der Waals surface area contributed by atoms with Crippen molar-refractivity contribution in [3.8, 4) is 0 Å². The predicted octanol–water partition coefficient (Wildman–Crippen LogP) is 6.29. The Balaban J connectivity index is 1.31. The van der Waals surface area contributed by atoms with Crippen LogP contribution in [0.15, 0.2) is 24.2 Å². The van der Waals surface area contributed by atoms with Crippen molar-refractivity contribution in [1.82, 2.24) is 9.97 Å². The zero-order chi connectivity index (χ0) is 21.8. The molecule has 0 unspecified atom stereocenters. The molecule has 5 rings (SSSR count). The maximum atomic E-state index is 10.2. The van der Waals surface area contributed by atoms with Crippen LogP contribution in [-0.2, 0) is 6.42 Å². The predicted molar refractivity (Wildman–Crippen MR) is 125 cm³/mol. The minimum absolute atomic E-state index is 0.0971. The fourth-order valence-corrected chi connectivity index (χ4v) is 8.87. The van der Waals surface area contributed by atoms with E-state index < -0.39 is 0 Å². The molecule has 0 radical (unpaired) electrons. The largest absolute Gasteiger partial charge is 0.393 e. The van der Waals surface area contributed by atoms with E-state index in [1.807, 2.05) is 6.20 Å². The minimum atomic E-state index is -0.0971. The molecule has 31 heavy (non-hydrogen) atoms. The Morgan fingerprint density at radius 1 is 1.13 bits per heavy atom. The number of allylic oxidation sites excluding steroid dienone is 1. The first-order valence-electron chi connectivity index (χ1n) is 13.0. The van der Waals surface area contributed by atoms with Crippen molar-refractivity contribution in [2.45, 2.75) is 98.0 Å². The lowest BCUT2D eigenvalue weighted by Crippen LogP contribution is -2.50. The van der Waals surface area contributed by atoms with Crippen LogP contribution < -0.4 is 0 Å². The first kappa shape index (κ1) is 21.6. The molecule has 1 N–H and O–H groups in total.